The molecule has 3 aliphatic heterocycles. The Morgan fingerprint density at radius 3 is 0.915 bits per heavy atom. The zero-order valence-corrected chi connectivity index (χ0v) is 74.6. The maximum atomic E-state index is 13.6. The first kappa shape index (κ1) is 109. The van der Waals surface area contributed by atoms with Crippen LogP contribution < -0.4 is 5.32 Å². The molecule has 0 spiro atoms. The molecule has 0 bridgehead atoms. The van der Waals surface area contributed by atoms with Crippen LogP contribution in [0.2, 0.25) is 0 Å². The minimum Gasteiger partial charge on any atom is -0.394 e. The number of unbranched alkanes of at least 4 members (excludes halogenated alkanes) is 52. The lowest BCUT2D eigenvalue weighted by Gasteiger charge is -2.48. The number of carbonyl (C=O) groups is 1. The average Bonchev–Trinajstić information content (AvgIpc) is 0.777. The number of nitrogens with one attached hydrogen (secondary N) is 1. The van der Waals surface area contributed by atoms with Gasteiger partial charge in [0, 0.05) is 6.42 Å². The molecule has 118 heavy (non-hydrogen) atoms. The van der Waals surface area contributed by atoms with Crippen molar-refractivity contribution in [1.29, 1.82) is 0 Å². The molecule has 3 aliphatic rings. The van der Waals surface area contributed by atoms with Gasteiger partial charge in [0.2, 0.25) is 5.91 Å². The number of aliphatic hydroxyl groups is 11. The zero-order valence-electron chi connectivity index (χ0n) is 74.6. The van der Waals surface area contributed by atoms with E-state index in [4.69, 9.17) is 28.4 Å². The van der Waals surface area contributed by atoms with Gasteiger partial charge in [-0.1, -0.05) is 414 Å². The molecule has 3 saturated heterocycles. The highest BCUT2D eigenvalue weighted by Crippen LogP contribution is 2.34. The van der Waals surface area contributed by atoms with Gasteiger partial charge in [0.1, 0.15) is 73.2 Å². The summed E-state index contributed by atoms with van der Waals surface area (Å²) in [5.74, 6) is -0.269. The summed E-state index contributed by atoms with van der Waals surface area (Å²) >= 11 is 0. The van der Waals surface area contributed by atoms with E-state index in [2.05, 4.69) is 92.1 Å². The summed E-state index contributed by atoms with van der Waals surface area (Å²) in [7, 11) is 0. The fraction of sp³-hybridized carbons (Fsp3) is 0.848. The van der Waals surface area contributed by atoms with Crippen LogP contribution in [0, 0.1) is 0 Å². The highest BCUT2D eigenvalue weighted by Gasteiger charge is 2.54. The first-order chi connectivity index (χ1) is 57.8. The van der Waals surface area contributed by atoms with E-state index >= 15 is 0 Å². The van der Waals surface area contributed by atoms with Crippen molar-refractivity contribution in [1.82, 2.24) is 5.32 Å². The lowest BCUT2D eigenvalue weighted by atomic mass is 9.96. The Kier molecular flexibility index (Phi) is 71.7. The molecule has 688 valence electrons. The van der Waals surface area contributed by atoms with E-state index in [9.17, 15) is 61.0 Å². The Labute approximate surface area is 718 Å². The fourth-order valence-corrected chi connectivity index (χ4v) is 16.3. The van der Waals surface area contributed by atoms with Crippen molar-refractivity contribution >= 4 is 5.91 Å². The minimum atomic E-state index is -1.98. The predicted molar refractivity (Wildman–Crippen MR) is 480 cm³/mol. The molecule has 19 heteroatoms. The summed E-state index contributed by atoms with van der Waals surface area (Å²) in [6, 6.07) is -0.977. The van der Waals surface area contributed by atoms with Crippen LogP contribution in [-0.4, -0.2) is 193 Å². The van der Waals surface area contributed by atoms with E-state index in [1.807, 2.05) is 6.08 Å². The van der Waals surface area contributed by atoms with Gasteiger partial charge in [0.15, 0.2) is 18.9 Å². The summed E-state index contributed by atoms with van der Waals surface area (Å²) < 4.78 is 34.6. The largest absolute Gasteiger partial charge is 0.394 e. The summed E-state index contributed by atoms with van der Waals surface area (Å²) in [4.78, 5) is 13.6. The standard InChI is InChI=1S/C99H179NO18/c1-3-5-7-9-11-13-15-17-19-21-23-25-27-29-31-33-35-37-38-39-40-41-42-43-44-45-47-49-51-53-55-57-59-61-63-65-67-69-71-73-75-77-87(105)100-82(83(104)76-74-72-70-68-66-64-62-60-58-56-54-52-50-48-46-36-34-32-30-28-26-24-22-20-18-16-14-12-10-8-6-4-2)81-113-97-93(111)90(108)95(85(79-102)115-97)118-99-94(112)91(109)96(86(80-103)116-99)117-98-92(110)89(107)88(106)84(78-101)114-98/h5,7,11,13,17,19,23,25,29,31,35,37,74,76,82-86,88-99,101-104,106-112H,3-4,6,8-10,12,14-16,18,20-22,24,26-28,30,32-34,36,38-73,75,77-81H2,1-2H3,(H,100,105)/b7-5-,13-11-,19-17-,25-23-,31-29-,37-35-,76-74+. The highest BCUT2D eigenvalue weighted by molar-refractivity contribution is 5.76. The van der Waals surface area contributed by atoms with Crippen molar-refractivity contribution < 1.29 is 89.4 Å². The van der Waals surface area contributed by atoms with Crippen molar-refractivity contribution in [3.05, 3.63) is 85.1 Å². The van der Waals surface area contributed by atoms with E-state index < -0.39 is 124 Å². The van der Waals surface area contributed by atoms with Gasteiger partial charge in [-0.05, 0) is 70.6 Å². The molecule has 0 aromatic carbocycles. The Balaban J connectivity index is 1.29. The normalized spacial score (nSPS) is 24.6. The SMILES string of the molecule is CC/C=C\C/C=C\C/C=C\C/C=C\C/C=C\C/C=C\CCCCCCCCCCCCCCCCCCCCCCCCC(=O)NC(COC1OC(CO)C(OC2OC(CO)C(OC3OC(CO)C(O)C(O)C3O)C(O)C2O)C(O)C1O)C(O)/C=C/CCCCCCCCCCCCCCCCCCCCCCCCCCCCCCCC. The summed E-state index contributed by atoms with van der Waals surface area (Å²) in [6.45, 7) is 1.69. The Bertz CT molecular complexity index is 2460. The maximum Gasteiger partial charge on any atom is 0.220 e. The number of ether oxygens (including phenoxy) is 6. The zero-order chi connectivity index (χ0) is 85.2. The predicted octanol–water partition coefficient (Wildman–Crippen LogP) is 20.0. The lowest BCUT2D eigenvalue weighted by molar-refractivity contribution is -0.379. The molecule has 0 aromatic heterocycles. The van der Waals surface area contributed by atoms with Crippen LogP contribution in [0.1, 0.15) is 406 Å². The second-order valence-corrected chi connectivity index (χ2v) is 34.5. The smallest absolute Gasteiger partial charge is 0.220 e. The van der Waals surface area contributed by atoms with Crippen LogP contribution in [-0.2, 0) is 33.2 Å². The minimum absolute atomic E-state index is 0.245. The van der Waals surface area contributed by atoms with Gasteiger partial charge in [-0.3, -0.25) is 4.79 Å². The number of rotatable bonds is 80. The molecule has 0 saturated carbocycles. The molecular formula is C99H179NO18. The first-order valence-corrected chi connectivity index (χ1v) is 48.8. The molecule has 0 aliphatic carbocycles. The number of hydrogen-bond acceptors (Lipinski definition) is 18. The van der Waals surface area contributed by atoms with Gasteiger partial charge in [0.05, 0.1) is 38.6 Å². The highest BCUT2D eigenvalue weighted by atomic mass is 16.8. The van der Waals surface area contributed by atoms with Gasteiger partial charge in [0.25, 0.3) is 0 Å². The molecule has 3 heterocycles. The Morgan fingerprint density at radius 1 is 0.314 bits per heavy atom. The van der Waals surface area contributed by atoms with E-state index in [1.165, 1.54) is 295 Å². The molecule has 3 rings (SSSR count). The van der Waals surface area contributed by atoms with Crippen LogP contribution in [0.3, 0.4) is 0 Å². The summed E-state index contributed by atoms with van der Waals surface area (Å²) in [5.41, 5.74) is 0. The molecule has 19 nitrogen and oxygen atoms in total. The third-order valence-electron chi connectivity index (χ3n) is 23.9. The number of hydrogen-bond donors (Lipinski definition) is 12. The quantitative estimate of drug-likeness (QED) is 0.0199. The number of allylic oxidation sites excluding steroid dienone is 13. The Morgan fingerprint density at radius 2 is 0.585 bits per heavy atom. The fourth-order valence-electron chi connectivity index (χ4n) is 16.3. The number of amides is 1. The Hall–Kier alpha value is -3.03. The number of carbonyl (C=O) groups excluding carboxylic acids is 1. The van der Waals surface area contributed by atoms with Crippen LogP contribution in [0.25, 0.3) is 0 Å². The summed E-state index contributed by atoms with van der Waals surface area (Å²) in [5, 5.41) is 121. The van der Waals surface area contributed by atoms with Gasteiger partial charge < -0.3 is 89.9 Å². The monoisotopic (exact) mass is 1670 g/mol. The van der Waals surface area contributed by atoms with Crippen LogP contribution in [0.5, 0.6) is 0 Å². The van der Waals surface area contributed by atoms with Crippen molar-refractivity contribution in [3.63, 3.8) is 0 Å². The third-order valence-corrected chi connectivity index (χ3v) is 23.9. The maximum absolute atomic E-state index is 13.6. The van der Waals surface area contributed by atoms with Gasteiger partial charge >= 0.3 is 0 Å². The molecule has 12 N–H and O–H groups in total. The molecule has 0 aromatic rings. The molecule has 0 radical (unpaired) electrons. The van der Waals surface area contributed by atoms with Crippen molar-refractivity contribution in [3.8, 4) is 0 Å². The van der Waals surface area contributed by atoms with Crippen LogP contribution in [0.4, 0.5) is 0 Å². The van der Waals surface area contributed by atoms with E-state index in [-0.39, 0.29) is 18.9 Å². The second kappa shape index (κ2) is 77.5. The van der Waals surface area contributed by atoms with Crippen LogP contribution >= 0.6 is 0 Å². The van der Waals surface area contributed by atoms with E-state index in [0.29, 0.717) is 6.42 Å². The second-order valence-electron chi connectivity index (χ2n) is 34.5. The molecule has 3 fully saturated rings. The molecular weight excluding hydrogens is 1490 g/mol. The molecule has 1 amide bonds. The van der Waals surface area contributed by atoms with Crippen molar-refractivity contribution in [2.75, 3.05) is 26.4 Å². The first-order valence-electron chi connectivity index (χ1n) is 48.8. The average molecular weight is 1670 g/mol. The van der Waals surface area contributed by atoms with Gasteiger partial charge in [-0.15, -0.1) is 0 Å². The topological polar surface area (TPSA) is 307 Å². The van der Waals surface area contributed by atoms with Gasteiger partial charge in [-0.2, -0.15) is 0 Å². The molecule has 17 atom stereocenters. The van der Waals surface area contributed by atoms with Crippen molar-refractivity contribution in [2.45, 2.75) is 510 Å². The van der Waals surface area contributed by atoms with Gasteiger partial charge in [-0.25, -0.2) is 0 Å². The van der Waals surface area contributed by atoms with E-state index in [1.54, 1.807) is 6.08 Å². The lowest BCUT2D eigenvalue weighted by Crippen LogP contribution is -2.66. The van der Waals surface area contributed by atoms with Crippen LogP contribution in [0.15, 0.2) is 85.1 Å². The van der Waals surface area contributed by atoms with E-state index in [0.717, 1.165) is 83.5 Å². The third kappa shape index (κ3) is 54.7. The summed E-state index contributed by atoms with van der Waals surface area (Å²) in [6.07, 6.45) is 80.4. The number of aliphatic hydroxyl groups excluding tert-OH is 11. The van der Waals surface area contributed by atoms with Crippen molar-refractivity contribution in [2.24, 2.45) is 0 Å². The molecule has 17 unspecified atom stereocenters.